The fraction of sp³-hybridized carbons (Fsp3) is 0.462. The molecule has 9 heteroatoms. The fourth-order valence-electron chi connectivity index (χ4n) is 4.33. The normalized spacial score (nSPS) is 18.9. The number of amides is 2. The van der Waals surface area contributed by atoms with Crippen LogP contribution >= 0.6 is 0 Å². The standard InChI is InChI=1S/C26H31F2N3O4/c1-19-2-4-20(5-3-19)25(32)30(9-8-29-10-13-34-14-11-29)17-22-18-31(12-15-35-22)26(33)23-7-6-21(27)16-24(23)28/h2-7,16,22H,8-15,17-18H2,1H3. The van der Waals surface area contributed by atoms with Crippen LogP contribution in [-0.2, 0) is 9.47 Å². The molecule has 188 valence electrons. The monoisotopic (exact) mass is 487 g/mol. The number of hydrogen-bond donors (Lipinski definition) is 0. The van der Waals surface area contributed by atoms with Crippen LogP contribution < -0.4 is 0 Å². The first-order chi connectivity index (χ1) is 16.9. The van der Waals surface area contributed by atoms with Crippen molar-refractivity contribution >= 4 is 11.8 Å². The number of nitrogens with zero attached hydrogens (tertiary/aromatic N) is 3. The number of morpholine rings is 2. The van der Waals surface area contributed by atoms with Crippen LogP contribution in [-0.4, -0.2) is 98.3 Å². The van der Waals surface area contributed by atoms with Gasteiger partial charge in [0.2, 0.25) is 0 Å². The van der Waals surface area contributed by atoms with Crippen LogP contribution in [0.1, 0.15) is 26.3 Å². The summed E-state index contributed by atoms with van der Waals surface area (Å²) in [5.74, 6) is -2.24. The number of benzene rings is 2. The summed E-state index contributed by atoms with van der Waals surface area (Å²) in [5, 5.41) is 0. The van der Waals surface area contributed by atoms with E-state index in [1.54, 1.807) is 4.90 Å². The highest BCUT2D eigenvalue weighted by Gasteiger charge is 2.30. The van der Waals surface area contributed by atoms with E-state index in [1.807, 2.05) is 31.2 Å². The molecule has 2 heterocycles. The van der Waals surface area contributed by atoms with E-state index in [-0.39, 0.29) is 24.6 Å². The number of hydrogen-bond acceptors (Lipinski definition) is 5. The minimum atomic E-state index is -0.889. The molecule has 0 bridgehead atoms. The first kappa shape index (κ1) is 25.2. The first-order valence-electron chi connectivity index (χ1n) is 11.9. The van der Waals surface area contributed by atoms with Crippen molar-refractivity contribution in [2.75, 3.05) is 65.6 Å². The lowest BCUT2D eigenvalue weighted by molar-refractivity contribution is -0.0348. The Hall–Kier alpha value is -2.88. The van der Waals surface area contributed by atoms with Crippen molar-refractivity contribution in [1.82, 2.24) is 14.7 Å². The molecule has 2 aliphatic rings. The van der Waals surface area contributed by atoms with Crippen LogP contribution in [0.2, 0.25) is 0 Å². The average molecular weight is 488 g/mol. The summed E-state index contributed by atoms with van der Waals surface area (Å²) in [5.41, 5.74) is 1.49. The van der Waals surface area contributed by atoms with Gasteiger partial charge in [0.1, 0.15) is 11.6 Å². The van der Waals surface area contributed by atoms with Crippen LogP contribution in [0, 0.1) is 18.6 Å². The Balaban J connectivity index is 1.44. The van der Waals surface area contributed by atoms with Gasteiger partial charge in [0.05, 0.1) is 31.5 Å². The predicted molar refractivity (Wildman–Crippen MR) is 126 cm³/mol. The van der Waals surface area contributed by atoms with Gasteiger partial charge in [-0.3, -0.25) is 14.5 Å². The van der Waals surface area contributed by atoms with Gasteiger partial charge in [0.25, 0.3) is 11.8 Å². The highest BCUT2D eigenvalue weighted by molar-refractivity contribution is 5.95. The molecule has 0 aromatic heterocycles. The van der Waals surface area contributed by atoms with Crippen molar-refractivity contribution in [2.24, 2.45) is 0 Å². The highest BCUT2D eigenvalue weighted by atomic mass is 19.1. The Morgan fingerprint density at radius 2 is 1.77 bits per heavy atom. The summed E-state index contributed by atoms with van der Waals surface area (Å²) in [6.07, 6.45) is -0.421. The van der Waals surface area contributed by atoms with Gasteiger partial charge in [-0.2, -0.15) is 0 Å². The number of carbonyl (C=O) groups is 2. The predicted octanol–water partition coefficient (Wildman–Crippen LogP) is 2.59. The molecule has 0 saturated carbocycles. The quantitative estimate of drug-likeness (QED) is 0.601. The van der Waals surface area contributed by atoms with Gasteiger partial charge < -0.3 is 19.3 Å². The molecule has 2 aromatic carbocycles. The van der Waals surface area contributed by atoms with Crippen LogP contribution in [0.5, 0.6) is 0 Å². The minimum Gasteiger partial charge on any atom is -0.379 e. The summed E-state index contributed by atoms with van der Waals surface area (Å²) < 4.78 is 38.8. The van der Waals surface area contributed by atoms with Crippen molar-refractivity contribution < 1.29 is 27.8 Å². The molecule has 0 spiro atoms. The Kier molecular flexibility index (Phi) is 8.43. The third-order valence-corrected chi connectivity index (χ3v) is 6.39. The highest BCUT2D eigenvalue weighted by Crippen LogP contribution is 2.17. The largest absolute Gasteiger partial charge is 0.379 e. The zero-order valence-corrected chi connectivity index (χ0v) is 19.9. The van der Waals surface area contributed by atoms with E-state index >= 15 is 0 Å². The lowest BCUT2D eigenvalue weighted by atomic mass is 10.1. The second kappa shape index (κ2) is 11.7. The van der Waals surface area contributed by atoms with E-state index in [0.29, 0.717) is 51.0 Å². The SMILES string of the molecule is Cc1ccc(C(=O)N(CCN2CCOCC2)CC2CN(C(=O)c3ccc(F)cc3F)CCO2)cc1. The van der Waals surface area contributed by atoms with Crippen molar-refractivity contribution in [2.45, 2.75) is 13.0 Å². The summed E-state index contributed by atoms with van der Waals surface area (Å²) in [4.78, 5) is 31.8. The Labute approximate surface area is 204 Å². The zero-order chi connectivity index (χ0) is 24.8. The number of aryl methyl sites for hydroxylation is 1. The van der Waals surface area contributed by atoms with Crippen molar-refractivity contribution in [3.63, 3.8) is 0 Å². The number of rotatable bonds is 7. The molecule has 2 fully saturated rings. The Morgan fingerprint density at radius 1 is 1.03 bits per heavy atom. The number of halogens is 2. The third-order valence-electron chi connectivity index (χ3n) is 6.39. The van der Waals surface area contributed by atoms with Gasteiger partial charge in [-0.05, 0) is 31.2 Å². The van der Waals surface area contributed by atoms with Crippen LogP contribution in [0.4, 0.5) is 8.78 Å². The van der Waals surface area contributed by atoms with E-state index in [9.17, 15) is 18.4 Å². The summed E-state index contributed by atoms with van der Waals surface area (Å²) in [6.45, 7) is 7.25. The zero-order valence-electron chi connectivity index (χ0n) is 19.9. The van der Waals surface area contributed by atoms with Gasteiger partial charge in [-0.15, -0.1) is 0 Å². The maximum absolute atomic E-state index is 14.2. The number of carbonyl (C=O) groups excluding carboxylic acids is 2. The molecule has 35 heavy (non-hydrogen) atoms. The second-order valence-electron chi connectivity index (χ2n) is 8.94. The molecule has 2 saturated heterocycles. The van der Waals surface area contributed by atoms with E-state index in [2.05, 4.69) is 4.90 Å². The van der Waals surface area contributed by atoms with Crippen molar-refractivity contribution in [1.29, 1.82) is 0 Å². The molecule has 0 N–H and O–H groups in total. The molecule has 7 nitrogen and oxygen atoms in total. The molecule has 0 radical (unpaired) electrons. The minimum absolute atomic E-state index is 0.102. The molecule has 2 aromatic rings. The lowest BCUT2D eigenvalue weighted by Crippen LogP contribution is -2.52. The van der Waals surface area contributed by atoms with Crippen LogP contribution in [0.3, 0.4) is 0 Å². The van der Waals surface area contributed by atoms with E-state index in [1.165, 1.54) is 4.90 Å². The molecule has 1 unspecified atom stereocenters. The molecule has 0 aliphatic carbocycles. The molecule has 2 aliphatic heterocycles. The first-order valence-corrected chi connectivity index (χ1v) is 11.9. The van der Waals surface area contributed by atoms with Crippen molar-refractivity contribution in [3.8, 4) is 0 Å². The molecule has 4 rings (SSSR count). The summed E-state index contributed by atoms with van der Waals surface area (Å²) in [7, 11) is 0. The maximum atomic E-state index is 14.2. The molecular weight excluding hydrogens is 456 g/mol. The Morgan fingerprint density at radius 3 is 2.49 bits per heavy atom. The topological polar surface area (TPSA) is 62.3 Å². The van der Waals surface area contributed by atoms with Gasteiger partial charge >= 0.3 is 0 Å². The van der Waals surface area contributed by atoms with Gasteiger partial charge in [0.15, 0.2) is 0 Å². The average Bonchev–Trinajstić information content (AvgIpc) is 2.87. The van der Waals surface area contributed by atoms with Gasteiger partial charge in [-0.25, -0.2) is 8.78 Å². The van der Waals surface area contributed by atoms with Crippen LogP contribution in [0.15, 0.2) is 42.5 Å². The lowest BCUT2D eigenvalue weighted by Gasteiger charge is -2.37. The molecule has 1 atom stereocenters. The maximum Gasteiger partial charge on any atom is 0.257 e. The fourth-order valence-corrected chi connectivity index (χ4v) is 4.33. The summed E-state index contributed by atoms with van der Waals surface area (Å²) in [6, 6.07) is 10.4. The third kappa shape index (κ3) is 6.62. The van der Waals surface area contributed by atoms with E-state index < -0.39 is 23.6 Å². The van der Waals surface area contributed by atoms with Gasteiger partial charge in [-0.1, -0.05) is 17.7 Å². The smallest absolute Gasteiger partial charge is 0.257 e. The van der Waals surface area contributed by atoms with Crippen molar-refractivity contribution in [3.05, 3.63) is 70.8 Å². The van der Waals surface area contributed by atoms with Crippen LogP contribution in [0.25, 0.3) is 0 Å². The Bertz CT molecular complexity index is 1030. The molecular formula is C26H31F2N3O4. The summed E-state index contributed by atoms with van der Waals surface area (Å²) >= 11 is 0. The number of ether oxygens (including phenoxy) is 2. The molecule has 2 amide bonds. The van der Waals surface area contributed by atoms with Gasteiger partial charge in [0, 0.05) is 57.4 Å². The second-order valence-corrected chi connectivity index (χ2v) is 8.94. The van der Waals surface area contributed by atoms with E-state index in [4.69, 9.17) is 9.47 Å². The van der Waals surface area contributed by atoms with E-state index in [0.717, 1.165) is 30.8 Å².